The van der Waals surface area contributed by atoms with Gasteiger partial charge >= 0.3 is 5.97 Å². The van der Waals surface area contributed by atoms with Gasteiger partial charge < -0.3 is 9.47 Å². The Hall–Kier alpha value is -2.34. The number of rotatable bonds is 4. The van der Waals surface area contributed by atoms with Crippen LogP contribution in [0.15, 0.2) is 35.8 Å². The van der Waals surface area contributed by atoms with E-state index in [2.05, 4.69) is 4.98 Å². The molecule has 5 nitrogen and oxygen atoms in total. The highest BCUT2D eigenvalue weighted by molar-refractivity contribution is 7.15. The van der Waals surface area contributed by atoms with E-state index in [1.54, 1.807) is 20.2 Å². The van der Waals surface area contributed by atoms with Crippen molar-refractivity contribution in [1.29, 1.82) is 0 Å². The fourth-order valence-electron chi connectivity index (χ4n) is 2.06. The number of fused-ring (bicyclic) bond motifs is 1. The number of methoxy groups -OCH3 is 1. The molecule has 6 heteroatoms. The zero-order valence-electron chi connectivity index (χ0n) is 11.7. The summed E-state index contributed by atoms with van der Waals surface area (Å²) in [6.45, 7) is 2.12. The SMILES string of the molecule is CCOC(=O)c1cn2c(-c3ccc(OC)cc3)csc2n1. The summed E-state index contributed by atoms with van der Waals surface area (Å²) in [6.07, 6.45) is 1.71. The monoisotopic (exact) mass is 302 g/mol. The molecule has 0 aliphatic heterocycles. The smallest absolute Gasteiger partial charge is 0.358 e. The molecular formula is C15H14N2O3S. The molecule has 0 atom stereocenters. The molecule has 0 saturated carbocycles. The van der Waals surface area contributed by atoms with Crippen LogP contribution in [0.1, 0.15) is 17.4 Å². The maximum absolute atomic E-state index is 11.7. The molecule has 0 aliphatic carbocycles. The molecule has 0 radical (unpaired) electrons. The molecular weight excluding hydrogens is 288 g/mol. The van der Waals surface area contributed by atoms with Gasteiger partial charge in [0.15, 0.2) is 10.7 Å². The van der Waals surface area contributed by atoms with Gasteiger partial charge in [0.2, 0.25) is 0 Å². The van der Waals surface area contributed by atoms with Crippen LogP contribution in [-0.4, -0.2) is 29.1 Å². The number of esters is 1. The van der Waals surface area contributed by atoms with Gasteiger partial charge in [-0.2, -0.15) is 0 Å². The third kappa shape index (κ3) is 2.50. The van der Waals surface area contributed by atoms with E-state index >= 15 is 0 Å². The summed E-state index contributed by atoms with van der Waals surface area (Å²) in [7, 11) is 1.64. The molecule has 108 valence electrons. The van der Waals surface area contributed by atoms with Crippen LogP contribution in [-0.2, 0) is 4.74 Å². The molecule has 0 spiro atoms. The Labute approximate surface area is 125 Å². The van der Waals surface area contributed by atoms with Crippen molar-refractivity contribution >= 4 is 22.3 Å². The fraction of sp³-hybridized carbons (Fsp3) is 0.200. The van der Waals surface area contributed by atoms with Crippen molar-refractivity contribution in [3.63, 3.8) is 0 Å². The van der Waals surface area contributed by atoms with Crippen LogP contribution in [0.5, 0.6) is 5.75 Å². The van der Waals surface area contributed by atoms with E-state index in [-0.39, 0.29) is 0 Å². The van der Waals surface area contributed by atoms with Crippen molar-refractivity contribution in [2.75, 3.05) is 13.7 Å². The lowest BCUT2D eigenvalue weighted by Gasteiger charge is -2.02. The summed E-state index contributed by atoms with van der Waals surface area (Å²) in [5, 5.41) is 2.01. The molecule has 0 bridgehead atoms. The summed E-state index contributed by atoms with van der Waals surface area (Å²) < 4.78 is 12.0. The highest BCUT2D eigenvalue weighted by Gasteiger charge is 2.15. The lowest BCUT2D eigenvalue weighted by atomic mass is 10.2. The van der Waals surface area contributed by atoms with Gasteiger partial charge in [-0.25, -0.2) is 9.78 Å². The van der Waals surface area contributed by atoms with Crippen molar-refractivity contribution in [2.24, 2.45) is 0 Å². The number of aromatic nitrogens is 2. The third-order valence-corrected chi connectivity index (χ3v) is 3.92. The maximum atomic E-state index is 11.7. The summed E-state index contributed by atoms with van der Waals surface area (Å²) in [4.78, 5) is 16.8. The zero-order valence-corrected chi connectivity index (χ0v) is 12.5. The average molecular weight is 302 g/mol. The van der Waals surface area contributed by atoms with Crippen LogP contribution in [0.2, 0.25) is 0 Å². The predicted molar refractivity (Wildman–Crippen MR) is 81.0 cm³/mol. The first-order chi connectivity index (χ1) is 10.2. The topological polar surface area (TPSA) is 52.8 Å². The van der Waals surface area contributed by atoms with Crippen LogP contribution in [0, 0.1) is 0 Å². The molecule has 0 amide bonds. The van der Waals surface area contributed by atoms with E-state index in [4.69, 9.17) is 9.47 Å². The van der Waals surface area contributed by atoms with Crippen LogP contribution >= 0.6 is 11.3 Å². The van der Waals surface area contributed by atoms with E-state index < -0.39 is 5.97 Å². The van der Waals surface area contributed by atoms with E-state index in [0.29, 0.717) is 12.3 Å². The zero-order chi connectivity index (χ0) is 14.8. The summed E-state index contributed by atoms with van der Waals surface area (Å²) in [5.41, 5.74) is 2.36. The van der Waals surface area contributed by atoms with Crippen LogP contribution in [0.4, 0.5) is 0 Å². The summed E-state index contributed by atoms with van der Waals surface area (Å²) >= 11 is 1.49. The van der Waals surface area contributed by atoms with E-state index in [9.17, 15) is 4.79 Å². The first kappa shape index (κ1) is 13.6. The first-order valence-electron chi connectivity index (χ1n) is 6.51. The van der Waals surface area contributed by atoms with E-state index in [1.807, 2.05) is 34.0 Å². The van der Waals surface area contributed by atoms with Gasteiger partial charge in [0.25, 0.3) is 0 Å². The molecule has 21 heavy (non-hydrogen) atoms. The summed E-state index contributed by atoms with van der Waals surface area (Å²) in [6, 6.07) is 7.76. The second kappa shape index (κ2) is 5.57. The normalized spacial score (nSPS) is 10.8. The number of carbonyl (C=O) groups is 1. The Morgan fingerprint density at radius 2 is 2.10 bits per heavy atom. The minimum Gasteiger partial charge on any atom is -0.497 e. The Bertz CT molecular complexity index is 774. The molecule has 0 saturated heterocycles. The van der Waals surface area contributed by atoms with E-state index in [1.165, 1.54) is 11.3 Å². The molecule has 3 rings (SSSR count). The van der Waals surface area contributed by atoms with Crippen LogP contribution < -0.4 is 4.74 Å². The van der Waals surface area contributed by atoms with Crippen molar-refractivity contribution in [3.05, 3.63) is 41.5 Å². The number of hydrogen-bond donors (Lipinski definition) is 0. The average Bonchev–Trinajstić information content (AvgIpc) is 3.08. The van der Waals surface area contributed by atoms with Gasteiger partial charge in [-0.15, -0.1) is 11.3 Å². The Balaban J connectivity index is 2.00. The van der Waals surface area contributed by atoms with Gasteiger partial charge in [-0.05, 0) is 36.8 Å². The van der Waals surface area contributed by atoms with Crippen molar-refractivity contribution in [3.8, 4) is 17.0 Å². The largest absolute Gasteiger partial charge is 0.497 e. The minimum absolute atomic E-state index is 0.332. The molecule has 0 unspecified atom stereocenters. The minimum atomic E-state index is -0.394. The standard InChI is InChI=1S/C15H14N2O3S/c1-3-20-14(18)12-8-17-13(9-21-15(17)16-12)10-4-6-11(19-2)7-5-10/h4-9H,3H2,1-2H3. The lowest BCUT2D eigenvalue weighted by Crippen LogP contribution is -2.04. The van der Waals surface area contributed by atoms with Crippen molar-refractivity contribution < 1.29 is 14.3 Å². The van der Waals surface area contributed by atoms with Crippen LogP contribution in [0.3, 0.4) is 0 Å². The number of thiazole rings is 1. The number of hydrogen-bond acceptors (Lipinski definition) is 5. The van der Waals surface area contributed by atoms with E-state index in [0.717, 1.165) is 22.0 Å². The molecule has 0 aliphatic rings. The highest BCUT2D eigenvalue weighted by atomic mass is 32.1. The second-order valence-corrected chi connectivity index (χ2v) is 5.19. The number of imidazole rings is 1. The Morgan fingerprint density at radius 1 is 1.33 bits per heavy atom. The molecule has 0 fully saturated rings. The van der Waals surface area contributed by atoms with Gasteiger partial charge in [-0.3, -0.25) is 4.40 Å². The third-order valence-electron chi connectivity index (χ3n) is 3.08. The molecule has 1 aromatic carbocycles. The van der Waals surface area contributed by atoms with Crippen molar-refractivity contribution in [1.82, 2.24) is 9.38 Å². The van der Waals surface area contributed by atoms with Gasteiger partial charge in [-0.1, -0.05) is 0 Å². The number of carbonyl (C=O) groups excluding carboxylic acids is 1. The Kier molecular flexibility index (Phi) is 3.62. The fourth-order valence-corrected chi connectivity index (χ4v) is 2.94. The van der Waals surface area contributed by atoms with Gasteiger partial charge in [0.05, 0.1) is 19.4 Å². The predicted octanol–water partition coefficient (Wildman–Crippen LogP) is 3.25. The highest BCUT2D eigenvalue weighted by Crippen LogP contribution is 2.27. The van der Waals surface area contributed by atoms with Crippen molar-refractivity contribution in [2.45, 2.75) is 6.92 Å². The lowest BCUT2D eigenvalue weighted by molar-refractivity contribution is 0.0520. The number of benzene rings is 1. The summed E-state index contributed by atoms with van der Waals surface area (Å²) in [5.74, 6) is 0.414. The quantitative estimate of drug-likeness (QED) is 0.694. The molecule has 3 aromatic rings. The molecule has 2 heterocycles. The maximum Gasteiger partial charge on any atom is 0.358 e. The molecule has 0 N–H and O–H groups in total. The first-order valence-corrected chi connectivity index (χ1v) is 7.39. The van der Waals surface area contributed by atoms with Gasteiger partial charge in [0.1, 0.15) is 5.75 Å². The van der Waals surface area contributed by atoms with Crippen LogP contribution in [0.25, 0.3) is 16.2 Å². The van der Waals surface area contributed by atoms with Gasteiger partial charge in [0, 0.05) is 11.6 Å². The number of nitrogens with zero attached hydrogens (tertiary/aromatic N) is 2. The number of ether oxygens (including phenoxy) is 2. The second-order valence-electron chi connectivity index (χ2n) is 4.35. The molecule has 2 aromatic heterocycles. The Morgan fingerprint density at radius 3 is 2.76 bits per heavy atom.